The SMILES string of the molecule is CCOC(=O)c1ccc(C(N)CO)cc1.Cl. The second-order valence-electron chi connectivity index (χ2n) is 3.13. The molecule has 0 saturated carbocycles. The van der Waals surface area contributed by atoms with Gasteiger partial charge >= 0.3 is 5.97 Å². The van der Waals surface area contributed by atoms with Gasteiger partial charge in [0.05, 0.1) is 24.8 Å². The highest BCUT2D eigenvalue weighted by molar-refractivity contribution is 5.89. The second kappa shape index (κ2) is 7.22. The van der Waals surface area contributed by atoms with Crippen LogP contribution in [0.5, 0.6) is 0 Å². The predicted molar refractivity (Wildman–Crippen MR) is 63.7 cm³/mol. The fourth-order valence-corrected chi connectivity index (χ4v) is 1.19. The van der Waals surface area contributed by atoms with Crippen LogP contribution in [0.15, 0.2) is 24.3 Å². The first-order valence-electron chi connectivity index (χ1n) is 4.82. The van der Waals surface area contributed by atoms with Crippen molar-refractivity contribution in [1.82, 2.24) is 0 Å². The molecular formula is C11H16ClNO3. The Bertz CT molecular complexity index is 327. The number of halogens is 1. The van der Waals surface area contributed by atoms with E-state index in [0.717, 1.165) is 5.56 Å². The number of nitrogens with two attached hydrogens (primary N) is 1. The van der Waals surface area contributed by atoms with Crippen molar-refractivity contribution in [3.05, 3.63) is 35.4 Å². The van der Waals surface area contributed by atoms with E-state index >= 15 is 0 Å². The van der Waals surface area contributed by atoms with Crippen molar-refractivity contribution in [3.63, 3.8) is 0 Å². The number of benzene rings is 1. The lowest BCUT2D eigenvalue weighted by molar-refractivity contribution is 0.0526. The summed E-state index contributed by atoms with van der Waals surface area (Å²) in [6.07, 6.45) is 0. The maximum Gasteiger partial charge on any atom is 0.338 e. The van der Waals surface area contributed by atoms with Gasteiger partial charge in [0.1, 0.15) is 0 Å². The Kier molecular flexibility index (Phi) is 6.72. The summed E-state index contributed by atoms with van der Waals surface area (Å²) in [7, 11) is 0. The Labute approximate surface area is 101 Å². The molecule has 0 aliphatic carbocycles. The van der Waals surface area contributed by atoms with E-state index < -0.39 is 6.04 Å². The molecule has 0 heterocycles. The standard InChI is InChI=1S/C11H15NO3.ClH/c1-2-15-11(14)9-5-3-8(4-6-9)10(12)7-13;/h3-6,10,13H,2,7,12H2,1H3;1H. The maximum atomic E-state index is 11.3. The van der Waals surface area contributed by atoms with Crippen LogP contribution in [-0.4, -0.2) is 24.3 Å². The molecule has 0 aliphatic rings. The van der Waals surface area contributed by atoms with Crippen molar-refractivity contribution in [1.29, 1.82) is 0 Å². The van der Waals surface area contributed by atoms with E-state index in [9.17, 15) is 4.79 Å². The van der Waals surface area contributed by atoms with Crippen LogP contribution in [-0.2, 0) is 4.74 Å². The molecule has 5 heteroatoms. The minimum atomic E-state index is -0.402. The molecule has 1 atom stereocenters. The number of carbonyl (C=O) groups is 1. The number of ether oxygens (including phenoxy) is 1. The number of rotatable bonds is 4. The molecule has 1 aromatic rings. The molecule has 3 N–H and O–H groups in total. The molecule has 1 unspecified atom stereocenters. The third-order valence-electron chi connectivity index (χ3n) is 2.05. The smallest absolute Gasteiger partial charge is 0.338 e. The van der Waals surface area contributed by atoms with E-state index in [1.165, 1.54) is 0 Å². The van der Waals surface area contributed by atoms with Gasteiger partial charge in [0.25, 0.3) is 0 Å². The summed E-state index contributed by atoms with van der Waals surface area (Å²) in [6, 6.07) is 6.31. The van der Waals surface area contributed by atoms with Crippen LogP contribution in [0, 0.1) is 0 Å². The van der Waals surface area contributed by atoms with Gasteiger partial charge in [-0.1, -0.05) is 12.1 Å². The largest absolute Gasteiger partial charge is 0.462 e. The Balaban J connectivity index is 0.00000225. The minimum absolute atomic E-state index is 0. The topological polar surface area (TPSA) is 72.5 Å². The maximum absolute atomic E-state index is 11.3. The molecular weight excluding hydrogens is 230 g/mol. The second-order valence-corrected chi connectivity index (χ2v) is 3.13. The predicted octanol–water partition coefficient (Wildman–Crippen LogP) is 1.28. The average Bonchev–Trinajstić information content (AvgIpc) is 2.28. The average molecular weight is 246 g/mol. The Morgan fingerprint density at radius 2 is 2.00 bits per heavy atom. The van der Waals surface area contributed by atoms with E-state index in [4.69, 9.17) is 15.6 Å². The van der Waals surface area contributed by atoms with Gasteiger partial charge < -0.3 is 15.6 Å². The molecule has 0 aromatic heterocycles. The lowest BCUT2D eigenvalue weighted by Crippen LogP contribution is -2.14. The number of aliphatic hydroxyl groups is 1. The molecule has 0 radical (unpaired) electrons. The fourth-order valence-electron chi connectivity index (χ4n) is 1.19. The molecule has 0 spiro atoms. The summed E-state index contributed by atoms with van der Waals surface area (Å²) < 4.78 is 4.84. The highest BCUT2D eigenvalue weighted by Gasteiger charge is 2.08. The highest BCUT2D eigenvalue weighted by atomic mass is 35.5. The third-order valence-corrected chi connectivity index (χ3v) is 2.05. The normalized spacial score (nSPS) is 11.4. The van der Waals surface area contributed by atoms with Crippen LogP contribution in [0.1, 0.15) is 28.9 Å². The van der Waals surface area contributed by atoms with Crippen molar-refractivity contribution in [2.75, 3.05) is 13.2 Å². The number of esters is 1. The molecule has 4 nitrogen and oxygen atoms in total. The summed E-state index contributed by atoms with van der Waals surface area (Å²) in [6.45, 7) is 2.00. The third kappa shape index (κ3) is 3.81. The van der Waals surface area contributed by atoms with Crippen molar-refractivity contribution in [3.8, 4) is 0 Å². The van der Waals surface area contributed by atoms with E-state index in [1.54, 1.807) is 31.2 Å². The number of carbonyl (C=O) groups excluding carboxylic acids is 1. The first kappa shape index (κ1) is 14.9. The Hall–Kier alpha value is -1.10. The molecule has 0 bridgehead atoms. The van der Waals surface area contributed by atoms with Gasteiger partial charge in [0.15, 0.2) is 0 Å². The van der Waals surface area contributed by atoms with Crippen molar-refractivity contribution < 1.29 is 14.6 Å². The number of hydrogen-bond acceptors (Lipinski definition) is 4. The van der Waals surface area contributed by atoms with Crippen LogP contribution in [0.2, 0.25) is 0 Å². The zero-order valence-corrected chi connectivity index (χ0v) is 9.87. The van der Waals surface area contributed by atoms with Crippen LogP contribution < -0.4 is 5.73 Å². The quantitative estimate of drug-likeness (QED) is 0.784. The fraction of sp³-hybridized carbons (Fsp3) is 0.364. The molecule has 0 amide bonds. The molecule has 90 valence electrons. The van der Waals surface area contributed by atoms with Crippen LogP contribution in [0.25, 0.3) is 0 Å². The van der Waals surface area contributed by atoms with Gasteiger partial charge in [-0.15, -0.1) is 12.4 Å². The van der Waals surface area contributed by atoms with Crippen molar-refractivity contribution in [2.45, 2.75) is 13.0 Å². The zero-order chi connectivity index (χ0) is 11.3. The molecule has 0 aliphatic heterocycles. The number of aliphatic hydroxyl groups excluding tert-OH is 1. The summed E-state index contributed by atoms with van der Waals surface area (Å²) in [4.78, 5) is 11.3. The zero-order valence-electron chi connectivity index (χ0n) is 9.05. The first-order chi connectivity index (χ1) is 7.19. The lowest BCUT2D eigenvalue weighted by atomic mass is 10.1. The molecule has 0 fully saturated rings. The van der Waals surface area contributed by atoms with Gasteiger partial charge in [0, 0.05) is 0 Å². The van der Waals surface area contributed by atoms with Crippen molar-refractivity contribution in [2.24, 2.45) is 5.73 Å². The van der Waals surface area contributed by atoms with Gasteiger partial charge in [0.2, 0.25) is 0 Å². The van der Waals surface area contributed by atoms with E-state index in [1.807, 2.05) is 0 Å². The highest BCUT2D eigenvalue weighted by Crippen LogP contribution is 2.11. The molecule has 1 aromatic carbocycles. The number of hydrogen-bond donors (Lipinski definition) is 2. The Morgan fingerprint density at radius 1 is 1.44 bits per heavy atom. The van der Waals surface area contributed by atoms with E-state index in [0.29, 0.717) is 12.2 Å². The van der Waals surface area contributed by atoms with Crippen LogP contribution >= 0.6 is 12.4 Å². The summed E-state index contributed by atoms with van der Waals surface area (Å²) in [5.74, 6) is -0.346. The first-order valence-corrected chi connectivity index (χ1v) is 4.82. The van der Waals surface area contributed by atoms with Crippen LogP contribution in [0.3, 0.4) is 0 Å². The van der Waals surface area contributed by atoms with Crippen molar-refractivity contribution >= 4 is 18.4 Å². The molecule has 0 saturated heterocycles. The minimum Gasteiger partial charge on any atom is -0.462 e. The van der Waals surface area contributed by atoms with Gasteiger partial charge in [-0.25, -0.2) is 4.79 Å². The molecule has 1 rings (SSSR count). The molecule has 16 heavy (non-hydrogen) atoms. The summed E-state index contributed by atoms with van der Waals surface area (Å²) >= 11 is 0. The van der Waals surface area contributed by atoms with E-state index in [-0.39, 0.29) is 25.0 Å². The lowest BCUT2D eigenvalue weighted by Gasteiger charge is -2.08. The van der Waals surface area contributed by atoms with Crippen LogP contribution in [0.4, 0.5) is 0 Å². The Morgan fingerprint density at radius 3 is 2.44 bits per heavy atom. The van der Waals surface area contributed by atoms with Gasteiger partial charge in [-0.3, -0.25) is 0 Å². The van der Waals surface area contributed by atoms with E-state index in [2.05, 4.69) is 0 Å². The van der Waals surface area contributed by atoms with Gasteiger partial charge in [-0.2, -0.15) is 0 Å². The monoisotopic (exact) mass is 245 g/mol. The van der Waals surface area contributed by atoms with Gasteiger partial charge in [-0.05, 0) is 24.6 Å². The summed E-state index contributed by atoms with van der Waals surface area (Å²) in [5.41, 5.74) is 6.90. The summed E-state index contributed by atoms with van der Waals surface area (Å²) in [5, 5.41) is 8.83.